The number of aliphatic imine (C=N–C) groups is 2. The summed E-state index contributed by atoms with van der Waals surface area (Å²) in [5, 5.41) is 8.93. The average molecular weight is 726 g/mol. The Bertz CT molecular complexity index is 1740. The van der Waals surface area contributed by atoms with Crippen LogP contribution < -0.4 is 15.9 Å². The minimum absolute atomic E-state index is 0.625. The van der Waals surface area contributed by atoms with Crippen molar-refractivity contribution in [3.8, 4) is 0 Å². The molecule has 0 unspecified atom stereocenters. The number of fused-ring (bicyclic) bond motifs is 1. The third kappa shape index (κ3) is 8.68. The number of benzene rings is 4. The van der Waals surface area contributed by atoms with E-state index >= 15 is 0 Å². The molecule has 1 aliphatic heterocycles. The van der Waals surface area contributed by atoms with Crippen molar-refractivity contribution in [3.63, 3.8) is 0 Å². The van der Waals surface area contributed by atoms with E-state index in [0.717, 1.165) is 22.5 Å². The molecule has 5 nitrogen and oxygen atoms in total. The van der Waals surface area contributed by atoms with Crippen molar-refractivity contribution in [1.82, 2.24) is 9.97 Å². The number of nitrogens with zero attached hydrogens (tertiary/aromatic N) is 5. The maximum Gasteiger partial charge on any atom is 0.102 e. The molecule has 0 spiro atoms. The van der Waals surface area contributed by atoms with Crippen molar-refractivity contribution in [2.75, 3.05) is 0 Å². The SMILES string of the molecule is Cc1cccc(/N=C2/[N-]/C(=N/c3cccc(C)n3)c3ccccc32)n1.[Cl][Ru+].c1ccc([PH+](c2ccccc2)c2ccccc2)cc1. The predicted octanol–water partition coefficient (Wildman–Crippen LogP) is 8.50. The fourth-order valence-corrected chi connectivity index (χ4v) is 7.55. The summed E-state index contributed by atoms with van der Waals surface area (Å²) in [6, 6.07) is 52.0. The average Bonchev–Trinajstić information content (AvgIpc) is 3.44. The van der Waals surface area contributed by atoms with Gasteiger partial charge in [-0.3, -0.25) is 9.97 Å². The van der Waals surface area contributed by atoms with E-state index in [4.69, 9.17) is 0 Å². The van der Waals surface area contributed by atoms with Crippen LogP contribution in [0.5, 0.6) is 0 Å². The molecule has 0 aliphatic carbocycles. The second kappa shape index (κ2) is 16.8. The molecule has 6 aromatic rings. The zero-order chi connectivity index (χ0) is 32.1. The molecule has 2 aromatic heterocycles. The van der Waals surface area contributed by atoms with E-state index in [2.05, 4.69) is 126 Å². The smallest absolute Gasteiger partial charge is 0.0620 e. The van der Waals surface area contributed by atoms with Crippen molar-refractivity contribution in [2.45, 2.75) is 13.8 Å². The van der Waals surface area contributed by atoms with Crippen LogP contribution in [0.15, 0.2) is 162 Å². The van der Waals surface area contributed by atoms with Crippen LogP contribution in [0.3, 0.4) is 0 Å². The summed E-state index contributed by atoms with van der Waals surface area (Å²) in [5.41, 5.74) is 3.76. The van der Waals surface area contributed by atoms with Gasteiger partial charge >= 0.3 is 27.0 Å². The first-order valence-corrected chi connectivity index (χ1v) is 18.4. The largest absolute Gasteiger partial charge is 0.102 e. The molecule has 0 atom stereocenters. The van der Waals surface area contributed by atoms with Crippen LogP contribution in [0.4, 0.5) is 11.6 Å². The van der Waals surface area contributed by atoms with Gasteiger partial charge in [-0.15, -0.1) is 0 Å². The van der Waals surface area contributed by atoms with Gasteiger partial charge < -0.3 is 15.3 Å². The van der Waals surface area contributed by atoms with Gasteiger partial charge in [-0.1, -0.05) is 91.0 Å². The van der Waals surface area contributed by atoms with Crippen molar-refractivity contribution >= 4 is 56.8 Å². The predicted molar refractivity (Wildman–Crippen MR) is 193 cm³/mol. The van der Waals surface area contributed by atoms with E-state index in [0.29, 0.717) is 23.3 Å². The number of pyridine rings is 2. The van der Waals surface area contributed by atoms with Gasteiger partial charge in [-0.05, 0) is 85.6 Å². The summed E-state index contributed by atoms with van der Waals surface area (Å²) in [7, 11) is 3.69. The Balaban J connectivity index is 0.000000178. The van der Waals surface area contributed by atoms with Gasteiger partial charge in [0.05, 0.1) is 19.6 Å². The maximum absolute atomic E-state index is 4.63. The molecule has 1 aliphatic rings. The van der Waals surface area contributed by atoms with E-state index in [1.807, 2.05) is 91.8 Å². The Kier molecular flexibility index (Phi) is 12.1. The first-order valence-electron chi connectivity index (χ1n) is 14.7. The molecule has 7 rings (SSSR count). The molecule has 0 fully saturated rings. The van der Waals surface area contributed by atoms with Gasteiger partial charge in [0.25, 0.3) is 0 Å². The maximum atomic E-state index is 4.63. The van der Waals surface area contributed by atoms with Crippen molar-refractivity contribution < 1.29 is 17.3 Å². The molecule has 8 heteroatoms. The normalized spacial score (nSPS) is 13.2. The molecule has 0 saturated carbocycles. The monoisotopic (exact) mass is 726 g/mol. The Hall–Kier alpha value is -4.34. The standard InChI is InChI=1S/C20H16N5.C18H15P.ClH.Ru/c1-13-7-5-11-17(21-13)23-19-15-9-3-4-10-16(15)20(25-19)24-18-12-6-8-14(2)22-18;1-4-10-16(11-5-1)19(17-12-6-2-7-13-17)18-14-8-3-9-15-18;;/h3-12H,1-2H3;1-15H;1H;/q-1;;;+2. The van der Waals surface area contributed by atoms with Crippen LogP contribution in [0.25, 0.3) is 5.32 Å². The fraction of sp³-hybridized carbons (Fsp3) is 0.0526. The number of halogens is 1. The van der Waals surface area contributed by atoms with Crippen molar-refractivity contribution in [2.24, 2.45) is 9.98 Å². The van der Waals surface area contributed by atoms with Crippen LogP contribution >= 0.6 is 17.6 Å². The van der Waals surface area contributed by atoms with Crippen LogP contribution in [0.1, 0.15) is 22.5 Å². The molecule has 0 saturated heterocycles. The summed E-state index contributed by atoms with van der Waals surface area (Å²) < 4.78 is 0. The number of aryl methyl sites for hydroxylation is 2. The third-order valence-corrected chi connectivity index (χ3v) is 9.73. The quantitative estimate of drug-likeness (QED) is 0.132. The van der Waals surface area contributed by atoms with E-state index in [9.17, 15) is 0 Å². The fourth-order valence-electron chi connectivity index (χ4n) is 4.98. The first kappa shape index (κ1) is 33.0. The van der Waals surface area contributed by atoms with Crippen LogP contribution in [0, 0.1) is 13.8 Å². The summed E-state index contributed by atoms with van der Waals surface area (Å²) in [6.07, 6.45) is 0. The number of hydrogen-bond donors (Lipinski definition) is 0. The Labute approximate surface area is 286 Å². The Morgan fingerprint density at radius 1 is 0.478 bits per heavy atom. The van der Waals surface area contributed by atoms with Crippen LogP contribution in [-0.4, -0.2) is 21.6 Å². The molecular weight excluding hydrogens is 694 g/mol. The number of aromatic nitrogens is 2. The Morgan fingerprint density at radius 2 is 0.826 bits per heavy atom. The summed E-state index contributed by atoms with van der Waals surface area (Å²) >= 11 is 1.82. The number of hydrogen-bond acceptors (Lipinski definition) is 4. The summed E-state index contributed by atoms with van der Waals surface area (Å²) in [6.45, 7) is 3.89. The zero-order valence-electron chi connectivity index (χ0n) is 25.4. The molecule has 228 valence electrons. The molecule has 0 bridgehead atoms. The third-order valence-electron chi connectivity index (χ3n) is 7.00. The van der Waals surface area contributed by atoms with E-state index in [1.54, 1.807) is 0 Å². The van der Waals surface area contributed by atoms with Gasteiger partial charge in [0.1, 0.15) is 15.9 Å². The van der Waals surface area contributed by atoms with Crippen LogP contribution in [0.2, 0.25) is 0 Å². The van der Waals surface area contributed by atoms with E-state index in [1.165, 1.54) is 15.9 Å². The van der Waals surface area contributed by atoms with Gasteiger partial charge in [0.2, 0.25) is 0 Å². The molecule has 3 heterocycles. The van der Waals surface area contributed by atoms with E-state index < -0.39 is 7.92 Å². The van der Waals surface area contributed by atoms with Gasteiger partial charge in [-0.2, -0.15) is 0 Å². The molecule has 0 amide bonds. The minimum Gasteiger partial charge on any atom is -0.0620 e. The first-order chi connectivity index (χ1) is 22.6. The van der Waals surface area contributed by atoms with Gasteiger partial charge in [0, 0.05) is 23.1 Å². The molecular formula is C38H32ClN5PRu+. The molecule has 4 aromatic carbocycles. The molecule has 46 heavy (non-hydrogen) atoms. The second-order valence-electron chi connectivity index (χ2n) is 10.3. The van der Waals surface area contributed by atoms with Gasteiger partial charge in [0.15, 0.2) is 0 Å². The number of rotatable bonds is 5. The van der Waals surface area contributed by atoms with Crippen LogP contribution in [-0.2, 0) is 17.3 Å². The zero-order valence-corrected chi connectivity index (χ0v) is 28.9. The summed E-state index contributed by atoms with van der Waals surface area (Å²) in [4.78, 5) is 18.1. The Morgan fingerprint density at radius 3 is 1.17 bits per heavy atom. The second-order valence-corrected chi connectivity index (χ2v) is 12.8. The summed E-state index contributed by atoms with van der Waals surface area (Å²) in [5.74, 6) is 2.53. The van der Waals surface area contributed by atoms with Crippen molar-refractivity contribution in [3.05, 3.63) is 179 Å². The van der Waals surface area contributed by atoms with Gasteiger partial charge in [-0.25, -0.2) is 0 Å². The molecule has 0 radical (unpaired) electrons. The molecule has 0 N–H and O–H groups in total. The van der Waals surface area contributed by atoms with Crippen molar-refractivity contribution in [1.29, 1.82) is 0 Å². The minimum atomic E-state index is -0.877. The van der Waals surface area contributed by atoms with E-state index in [-0.39, 0.29) is 0 Å². The number of amidine groups is 2. The topological polar surface area (TPSA) is 64.6 Å².